The van der Waals surface area contributed by atoms with Crippen LogP contribution in [0.15, 0.2) is 40.7 Å². The fourth-order valence-corrected chi connectivity index (χ4v) is 3.09. The van der Waals surface area contributed by atoms with Crippen LogP contribution in [0.25, 0.3) is 0 Å². The highest BCUT2D eigenvalue weighted by Gasteiger charge is 2.02. The van der Waals surface area contributed by atoms with Crippen LogP contribution in [0.1, 0.15) is 24.3 Å². The maximum Gasteiger partial charge on any atom is 0.221 e. The number of carbonyl (C=O) groups excluding carboxylic acids is 1. The minimum atomic E-state index is -0.101. The number of rotatable bonds is 8. The molecule has 0 saturated carbocycles. The van der Waals surface area contributed by atoms with Gasteiger partial charge in [0.1, 0.15) is 12.4 Å². The number of carbonyl (C=O) groups is 1. The zero-order valence-corrected chi connectivity index (χ0v) is 19.0. The van der Waals surface area contributed by atoms with Gasteiger partial charge in [-0.2, -0.15) is 0 Å². The minimum absolute atomic E-state index is 0. The van der Waals surface area contributed by atoms with E-state index in [1.54, 1.807) is 17.4 Å². The summed E-state index contributed by atoms with van der Waals surface area (Å²) >= 11 is 1.72. The summed E-state index contributed by atoms with van der Waals surface area (Å²) in [6.45, 7) is 8.21. The zero-order valence-electron chi connectivity index (χ0n) is 15.9. The molecule has 0 unspecified atom stereocenters. The lowest BCUT2D eigenvalue weighted by Gasteiger charge is -2.12. The smallest absolute Gasteiger partial charge is 0.221 e. The third-order valence-corrected chi connectivity index (χ3v) is 4.52. The normalized spacial score (nSPS) is 10.7. The number of amides is 1. The van der Waals surface area contributed by atoms with Crippen LogP contribution in [0.3, 0.4) is 0 Å². The summed E-state index contributed by atoms with van der Waals surface area (Å²) in [5.74, 6) is 1.39. The average molecular weight is 502 g/mol. The van der Waals surface area contributed by atoms with E-state index < -0.39 is 0 Å². The number of nitrogens with one attached hydrogen (secondary N) is 3. The van der Waals surface area contributed by atoms with Crippen LogP contribution in [0, 0.1) is 6.92 Å². The molecule has 6 nitrogen and oxygen atoms in total. The molecule has 0 bridgehead atoms. The number of guanidine groups is 1. The maximum absolute atomic E-state index is 11.1. The van der Waals surface area contributed by atoms with Gasteiger partial charge in [-0.05, 0) is 43.0 Å². The predicted molar refractivity (Wildman–Crippen MR) is 124 cm³/mol. The van der Waals surface area contributed by atoms with E-state index in [0.717, 1.165) is 18.2 Å². The first kappa shape index (κ1) is 23.2. The Morgan fingerprint density at radius 2 is 2.07 bits per heavy atom. The first-order valence-electron chi connectivity index (χ1n) is 8.64. The fourth-order valence-electron chi connectivity index (χ4n) is 2.26. The van der Waals surface area contributed by atoms with Crippen LogP contribution >= 0.6 is 35.3 Å². The number of aliphatic imine (C=N–C) groups is 1. The third-order valence-electron chi connectivity index (χ3n) is 3.51. The summed E-state index contributed by atoms with van der Waals surface area (Å²) in [4.78, 5) is 17.0. The molecule has 1 aromatic carbocycles. The Kier molecular flexibility index (Phi) is 10.8. The molecule has 27 heavy (non-hydrogen) atoms. The van der Waals surface area contributed by atoms with Gasteiger partial charge in [-0.3, -0.25) is 4.79 Å². The van der Waals surface area contributed by atoms with Crippen LogP contribution in [0.5, 0.6) is 5.75 Å². The van der Waals surface area contributed by atoms with Gasteiger partial charge < -0.3 is 20.7 Å². The molecule has 0 saturated heterocycles. The molecule has 0 aliphatic heterocycles. The van der Waals surface area contributed by atoms with Crippen LogP contribution < -0.4 is 20.7 Å². The van der Waals surface area contributed by atoms with Gasteiger partial charge in [0.15, 0.2) is 5.96 Å². The van der Waals surface area contributed by atoms with Crippen LogP contribution in [0.4, 0.5) is 5.69 Å². The van der Waals surface area contributed by atoms with E-state index >= 15 is 0 Å². The number of hydrogen-bond acceptors (Lipinski definition) is 4. The standard InChI is InChI=1S/C19H26N4O2S.HI/c1-4-20-19(22-13-18-14(2)8-11-26-18)21-9-10-25-17-7-5-6-16(12-17)23-15(3)24;/h5-8,11-12H,4,9-10,13H2,1-3H3,(H,23,24)(H2,20,21,22);1H. The number of ether oxygens (including phenoxy) is 1. The van der Waals surface area contributed by atoms with Crippen molar-refractivity contribution < 1.29 is 9.53 Å². The van der Waals surface area contributed by atoms with Crippen molar-refractivity contribution in [3.8, 4) is 5.75 Å². The van der Waals surface area contributed by atoms with E-state index in [2.05, 4.69) is 39.3 Å². The van der Waals surface area contributed by atoms with Crippen LogP contribution in [0.2, 0.25) is 0 Å². The maximum atomic E-state index is 11.1. The average Bonchev–Trinajstić information content (AvgIpc) is 3.01. The molecule has 3 N–H and O–H groups in total. The highest BCUT2D eigenvalue weighted by atomic mass is 127. The summed E-state index contributed by atoms with van der Waals surface area (Å²) in [7, 11) is 0. The summed E-state index contributed by atoms with van der Waals surface area (Å²) < 4.78 is 5.73. The monoisotopic (exact) mass is 502 g/mol. The molecular weight excluding hydrogens is 475 g/mol. The number of aryl methyl sites for hydroxylation is 1. The third kappa shape index (κ3) is 8.61. The van der Waals surface area contributed by atoms with Crippen molar-refractivity contribution >= 4 is 52.9 Å². The molecule has 1 heterocycles. The van der Waals surface area contributed by atoms with E-state index in [1.165, 1.54) is 17.4 Å². The van der Waals surface area contributed by atoms with Crippen molar-refractivity contribution in [1.82, 2.24) is 10.6 Å². The molecule has 2 rings (SSSR count). The van der Waals surface area contributed by atoms with Crippen molar-refractivity contribution in [2.24, 2.45) is 4.99 Å². The van der Waals surface area contributed by atoms with Gasteiger partial charge in [-0.1, -0.05) is 6.07 Å². The van der Waals surface area contributed by atoms with Crippen LogP contribution in [-0.4, -0.2) is 31.6 Å². The van der Waals surface area contributed by atoms with Gasteiger partial charge in [-0.15, -0.1) is 35.3 Å². The van der Waals surface area contributed by atoms with E-state index in [9.17, 15) is 4.79 Å². The minimum Gasteiger partial charge on any atom is -0.492 e. The molecular formula is C19H27IN4O2S. The van der Waals surface area contributed by atoms with Crippen molar-refractivity contribution in [2.45, 2.75) is 27.3 Å². The highest BCUT2D eigenvalue weighted by molar-refractivity contribution is 14.0. The van der Waals surface area contributed by atoms with Crippen molar-refractivity contribution in [3.05, 3.63) is 46.2 Å². The number of thiophene rings is 1. The number of halogens is 1. The molecule has 0 spiro atoms. The lowest BCUT2D eigenvalue weighted by atomic mass is 10.3. The Morgan fingerprint density at radius 3 is 2.74 bits per heavy atom. The highest BCUT2D eigenvalue weighted by Crippen LogP contribution is 2.17. The molecule has 1 amide bonds. The second-order valence-electron chi connectivity index (χ2n) is 5.71. The van der Waals surface area contributed by atoms with E-state index in [1.807, 2.05) is 25.1 Å². The summed E-state index contributed by atoms with van der Waals surface area (Å²) in [6, 6.07) is 9.46. The largest absolute Gasteiger partial charge is 0.492 e. The number of hydrogen-bond donors (Lipinski definition) is 3. The zero-order chi connectivity index (χ0) is 18.8. The topological polar surface area (TPSA) is 74.8 Å². The molecule has 148 valence electrons. The first-order valence-corrected chi connectivity index (χ1v) is 9.52. The molecule has 0 fully saturated rings. The van der Waals surface area contributed by atoms with Crippen molar-refractivity contribution in [2.75, 3.05) is 25.0 Å². The van der Waals surface area contributed by atoms with Gasteiger partial charge >= 0.3 is 0 Å². The SMILES string of the molecule is CCNC(=NCc1sccc1C)NCCOc1cccc(NC(C)=O)c1.I. The summed E-state index contributed by atoms with van der Waals surface area (Å²) in [5, 5.41) is 11.3. The Balaban J connectivity index is 0.00000364. The van der Waals surface area contributed by atoms with Gasteiger partial charge in [0, 0.05) is 30.1 Å². The molecule has 1 aromatic heterocycles. The molecule has 0 aliphatic carbocycles. The number of anilines is 1. The second kappa shape index (κ2) is 12.6. The van der Waals surface area contributed by atoms with Crippen molar-refractivity contribution in [3.63, 3.8) is 0 Å². The van der Waals surface area contributed by atoms with Gasteiger partial charge in [0.2, 0.25) is 5.91 Å². The van der Waals surface area contributed by atoms with Crippen LogP contribution in [-0.2, 0) is 11.3 Å². The predicted octanol–water partition coefficient (Wildman–Crippen LogP) is 3.77. The quantitative estimate of drug-likeness (QED) is 0.223. The number of benzene rings is 1. The Morgan fingerprint density at radius 1 is 1.26 bits per heavy atom. The summed E-state index contributed by atoms with van der Waals surface area (Å²) in [6.07, 6.45) is 0. The van der Waals surface area contributed by atoms with Gasteiger partial charge in [0.25, 0.3) is 0 Å². The summed E-state index contributed by atoms with van der Waals surface area (Å²) in [5.41, 5.74) is 2.00. The van der Waals surface area contributed by atoms with E-state index in [4.69, 9.17) is 4.74 Å². The van der Waals surface area contributed by atoms with Gasteiger partial charge in [-0.25, -0.2) is 4.99 Å². The first-order chi connectivity index (χ1) is 12.6. The van der Waals surface area contributed by atoms with Crippen molar-refractivity contribution in [1.29, 1.82) is 0 Å². The molecule has 0 aliphatic rings. The second-order valence-corrected chi connectivity index (χ2v) is 6.71. The fraction of sp³-hybridized carbons (Fsp3) is 0.368. The lowest BCUT2D eigenvalue weighted by molar-refractivity contribution is -0.114. The van der Waals surface area contributed by atoms with Gasteiger partial charge in [0.05, 0.1) is 13.1 Å². The molecule has 2 aromatic rings. The Bertz CT molecular complexity index is 749. The van der Waals surface area contributed by atoms with E-state index in [0.29, 0.717) is 25.4 Å². The van der Waals surface area contributed by atoms with E-state index in [-0.39, 0.29) is 29.9 Å². The molecule has 8 heteroatoms. The molecule has 0 radical (unpaired) electrons. The Labute approximate surface area is 181 Å². The lowest BCUT2D eigenvalue weighted by Crippen LogP contribution is -2.39. The Hall–Kier alpha value is -1.81. The number of nitrogens with zero attached hydrogens (tertiary/aromatic N) is 1. The molecule has 0 atom stereocenters.